The number of aliphatic hydroxyl groups excluding tert-OH is 1. The highest BCUT2D eigenvalue weighted by atomic mass is 32.2. The standard InChI is InChI=1S/C24H26N4O3S/c1-4-21(30)27(2)22-23(28(14-15-29)16-18-8-6-5-7-9-18)25-17-26-24(22)32-20-12-10-19(31-3)11-13-20/h4-13,17,29H,1,14-16H2,2-3H3. The number of carbonyl (C=O) groups is 1. The van der Waals surface area contributed by atoms with Crippen LogP contribution in [0.4, 0.5) is 11.5 Å². The average molecular weight is 451 g/mol. The van der Waals surface area contributed by atoms with E-state index in [1.54, 1.807) is 14.2 Å². The predicted octanol–water partition coefficient (Wildman–Crippen LogP) is 3.78. The van der Waals surface area contributed by atoms with Gasteiger partial charge in [-0.25, -0.2) is 9.97 Å². The van der Waals surface area contributed by atoms with Crippen LogP contribution >= 0.6 is 11.8 Å². The van der Waals surface area contributed by atoms with Crippen molar-refractivity contribution in [2.24, 2.45) is 0 Å². The van der Waals surface area contributed by atoms with Gasteiger partial charge in [-0.15, -0.1) is 0 Å². The van der Waals surface area contributed by atoms with Gasteiger partial charge in [0.05, 0.1) is 13.7 Å². The third kappa shape index (κ3) is 5.66. The first-order valence-electron chi connectivity index (χ1n) is 10.0. The number of benzene rings is 2. The summed E-state index contributed by atoms with van der Waals surface area (Å²) in [7, 11) is 3.29. The minimum absolute atomic E-state index is 0.0592. The molecule has 1 heterocycles. The number of anilines is 2. The Kier molecular flexibility index (Phi) is 8.24. The van der Waals surface area contributed by atoms with E-state index in [1.165, 1.54) is 29.1 Å². The van der Waals surface area contributed by atoms with Crippen LogP contribution in [0, 0.1) is 0 Å². The summed E-state index contributed by atoms with van der Waals surface area (Å²) in [5, 5.41) is 10.3. The van der Waals surface area contributed by atoms with Crippen LogP contribution in [0.1, 0.15) is 5.56 Å². The number of rotatable bonds is 10. The van der Waals surface area contributed by atoms with Gasteiger partial charge < -0.3 is 19.6 Å². The molecule has 2 aromatic carbocycles. The topological polar surface area (TPSA) is 78.8 Å². The van der Waals surface area contributed by atoms with Crippen molar-refractivity contribution in [1.29, 1.82) is 0 Å². The molecular weight excluding hydrogens is 424 g/mol. The Bertz CT molecular complexity index is 1040. The number of methoxy groups -OCH3 is 1. The summed E-state index contributed by atoms with van der Waals surface area (Å²) in [4.78, 5) is 25.9. The maximum Gasteiger partial charge on any atom is 0.250 e. The summed E-state index contributed by atoms with van der Waals surface area (Å²) in [6.07, 6.45) is 2.73. The Labute approximate surface area is 192 Å². The van der Waals surface area contributed by atoms with Crippen molar-refractivity contribution in [2.45, 2.75) is 16.5 Å². The van der Waals surface area contributed by atoms with Gasteiger partial charge >= 0.3 is 0 Å². The predicted molar refractivity (Wildman–Crippen MR) is 127 cm³/mol. The van der Waals surface area contributed by atoms with E-state index in [9.17, 15) is 9.90 Å². The van der Waals surface area contributed by atoms with Gasteiger partial charge in [-0.1, -0.05) is 48.7 Å². The van der Waals surface area contributed by atoms with Crippen molar-refractivity contribution in [3.8, 4) is 5.75 Å². The molecule has 0 aliphatic carbocycles. The van der Waals surface area contributed by atoms with E-state index in [0.29, 0.717) is 29.6 Å². The summed E-state index contributed by atoms with van der Waals surface area (Å²) in [5.74, 6) is 1.04. The number of hydrogen-bond donors (Lipinski definition) is 1. The molecule has 0 aliphatic heterocycles. The third-order valence-corrected chi connectivity index (χ3v) is 5.77. The van der Waals surface area contributed by atoms with Crippen molar-refractivity contribution in [3.05, 3.63) is 79.1 Å². The largest absolute Gasteiger partial charge is 0.497 e. The van der Waals surface area contributed by atoms with Gasteiger partial charge in [0.25, 0.3) is 0 Å². The van der Waals surface area contributed by atoms with Gasteiger partial charge in [-0.3, -0.25) is 4.79 Å². The van der Waals surface area contributed by atoms with E-state index in [1.807, 2.05) is 59.5 Å². The molecule has 0 radical (unpaired) electrons. The minimum Gasteiger partial charge on any atom is -0.497 e. The van der Waals surface area contributed by atoms with Gasteiger partial charge in [0, 0.05) is 25.0 Å². The van der Waals surface area contributed by atoms with E-state index in [2.05, 4.69) is 16.5 Å². The zero-order valence-corrected chi connectivity index (χ0v) is 19.0. The molecule has 1 aromatic heterocycles. The molecule has 0 fully saturated rings. The lowest BCUT2D eigenvalue weighted by atomic mass is 10.2. The van der Waals surface area contributed by atoms with E-state index in [4.69, 9.17) is 4.74 Å². The number of aliphatic hydroxyl groups is 1. The molecule has 1 amide bonds. The first-order chi connectivity index (χ1) is 15.6. The molecule has 8 heteroatoms. The van der Waals surface area contributed by atoms with Crippen molar-refractivity contribution in [3.63, 3.8) is 0 Å². The molecule has 7 nitrogen and oxygen atoms in total. The molecule has 166 valence electrons. The number of hydrogen-bond acceptors (Lipinski definition) is 7. The Morgan fingerprint density at radius 1 is 1.16 bits per heavy atom. The van der Waals surface area contributed by atoms with Gasteiger partial charge in [0.1, 0.15) is 22.8 Å². The molecule has 0 bridgehead atoms. The number of nitrogens with zero attached hydrogens (tertiary/aromatic N) is 4. The Balaban J connectivity index is 2.05. The molecule has 1 N–H and O–H groups in total. The third-order valence-electron chi connectivity index (χ3n) is 4.77. The highest BCUT2D eigenvalue weighted by molar-refractivity contribution is 7.99. The van der Waals surface area contributed by atoms with Crippen LogP contribution in [0.15, 0.2) is 83.5 Å². The highest BCUT2D eigenvalue weighted by Gasteiger charge is 2.24. The zero-order chi connectivity index (χ0) is 22.9. The molecule has 32 heavy (non-hydrogen) atoms. The molecule has 3 rings (SSSR count). The molecule has 3 aromatic rings. The molecule has 0 atom stereocenters. The second-order valence-corrected chi connectivity index (χ2v) is 7.92. The molecule has 0 saturated heterocycles. The van der Waals surface area contributed by atoms with Crippen LogP contribution in [-0.2, 0) is 11.3 Å². The quantitative estimate of drug-likeness (QED) is 0.372. The molecule has 0 unspecified atom stereocenters. The van der Waals surface area contributed by atoms with Gasteiger partial charge in [0.2, 0.25) is 5.91 Å². The number of likely N-dealkylation sites (N-methyl/N-ethyl adjacent to an activating group) is 1. The first kappa shape index (κ1) is 23.3. The Morgan fingerprint density at radius 2 is 1.88 bits per heavy atom. The number of amides is 1. The van der Waals surface area contributed by atoms with Crippen LogP contribution in [-0.4, -0.2) is 48.3 Å². The summed E-state index contributed by atoms with van der Waals surface area (Å²) < 4.78 is 5.23. The van der Waals surface area contributed by atoms with E-state index >= 15 is 0 Å². The number of aromatic nitrogens is 2. The Morgan fingerprint density at radius 3 is 2.50 bits per heavy atom. The second-order valence-electron chi connectivity index (χ2n) is 6.86. The van der Waals surface area contributed by atoms with E-state index in [0.717, 1.165) is 16.2 Å². The lowest BCUT2D eigenvalue weighted by molar-refractivity contribution is -0.113. The highest BCUT2D eigenvalue weighted by Crippen LogP contribution is 2.39. The van der Waals surface area contributed by atoms with Gasteiger partial charge in [-0.05, 0) is 35.9 Å². The van der Waals surface area contributed by atoms with Crippen LogP contribution in [0.2, 0.25) is 0 Å². The lowest BCUT2D eigenvalue weighted by Crippen LogP contribution is -2.32. The van der Waals surface area contributed by atoms with Gasteiger partial charge in [-0.2, -0.15) is 0 Å². The Hall–Kier alpha value is -3.36. The lowest BCUT2D eigenvalue weighted by Gasteiger charge is -2.29. The van der Waals surface area contributed by atoms with Gasteiger partial charge in [0.15, 0.2) is 5.82 Å². The molecule has 0 spiro atoms. The molecular formula is C24H26N4O3S. The molecule has 0 aliphatic rings. The van der Waals surface area contributed by atoms with Crippen LogP contribution in [0.5, 0.6) is 5.75 Å². The van der Waals surface area contributed by atoms with E-state index < -0.39 is 0 Å². The minimum atomic E-state index is -0.277. The van der Waals surface area contributed by atoms with Crippen molar-refractivity contribution in [2.75, 3.05) is 37.1 Å². The van der Waals surface area contributed by atoms with Crippen molar-refractivity contribution < 1.29 is 14.6 Å². The smallest absolute Gasteiger partial charge is 0.250 e. The fraction of sp³-hybridized carbons (Fsp3) is 0.208. The fourth-order valence-electron chi connectivity index (χ4n) is 3.14. The van der Waals surface area contributed by atoms with Crippen molar-refractivity contribution in [1.82, 2.24) is 9.97 Å². The summed E-state index contributed by atoms with van der Waals surface area (Å²) in [6.45, 7) is 4.42. The number of ether oxygens (including phenoxy) is 1. The van der Waals surface area contributed by atoms with Crippen molar-refractivity contribution >= 4 is 29.2 Å². The van der Waals surface area contributed by atoms with Crippen LogP contribution in [0.25, 0.3) is 0 Å². The summed E-state index contributed by atoms with van der Waals surface area (Å²) in [6, 6.07) is 17.5. The zero-order valence-electron chi connectivity index (χ0n) is 18.1. The van der Waals surface area contributed by atoms with Crippen LogP contribution < -0.4 is 14.5 Å². The molecule has 0 saturated carbocycles. The summed E-state index contributed by atoms with van der Waals surface area (Å²) >= 11 is 1.42. The van der Waals surface area contributed by atoms with E-state index in [-0.39, 0.29) is 12.5 Å². The summed E-state index contributed by atoms with van der Waals surface area (Å²) in [5.41, 5.74) is 1.62. The first-order valence-corrected chi connectivity index (χ1v) is 10.9. The maximum atomic E-state index is 12.6. The monoisotopic (exact) mass is 450 g/mol. The van der Waals surface area contributed by atoms with Crippen LogP contribution in [0.3, 0.4) is 0 Å². The maximum absolute atomic E-state index is 12.6. The normalized spacial score (nSPS) is 10.5. The second kappa shape index (κ2) is 11.3. The number of carbonyl (C=O) groups excluding carboxylic acids is 1. The fourth-order valence-corrected chi connectivity index (χ4v) is 4.06. The SMILES string of the molecule is C=CC(=O)N(C)c1c(Sc2ccc(OC)cc2)ncnc1N(CCO)Cc1ccccc1. The average Bonchev–Trinajstić information content (AvgIpc) is 2.84.